The van der Waals surface area contributed by atoms with Crippen LogP contribution >= 0.6 is 0 Å². The largest absolute Gasteiger partial charge is 0.464 e. The Bertz CT molecular complexity index is 410. The second kappa shape index (κ2) is 3.44. The average Bonchev–Trinajstić information content (AvgIpc) is 2.19. The van der Waals surface area contributed by atoms with Gasteiger partial charge in [0, 0.05) is 12.1 Å². The summed E-state index contributed by atoms with van der Waals surface area (Å²) in [6, 6.07) is 2.95. The first-order chi connectivity index (χ1) is 6.36. The van der Waals surface area contributed by atoms with Gasteiger partial charge in [0.25, 0.3) is 0 Å². The molecule has 1 heterocycles. The molecule has 0 spiro atoms. The summed E-state index contributed by atoms with van der Waals surface area (Å²) in [5.41, 5.74) is 1.09. The fourth-order valence-corrected chi connectivity index (χ4v) is 1.36. The molecule has 0 radical (unpaired) electrons. The third-order valence-electron chi connectivity index (χ3n) is 2.03. The van der Waals surface area contributed by atoms with Crippen molar-refractivity contribution in [3.05, 3.63) is 52.6 Å². The molecule has 0 saturated heterocycles. The quantitative estimate of drug-likeness (QED) is 0.654. The lowest BCUT2D eigenvalue weighted by molar-refractivity contribution is 0.531. The molecular formula is C11H10O2. The molecule has 0 aromatic carbocycles. The highest BCUT2D eigenvalue weighted by Gasteiger charge is 2.05. The van der Waals surface area contributed by atoms with Gasteiger partial charge in [-0.1, -0.05) is 18.2 Å². The molecule has 0 fully saturated rings. The Morgan fingerprint density at radius 3 is 3.00 bits per heavy atom. The van der Waals surface area contributed by atoms with Gasteiger partial charge in [-0.25, -0.2) is 0 Å². The number of hydrogen-bond donors (Lipinski definition) is 0. The Hall–Kier alpha value is -1.57. The molecule has 2 rings (SSSR count). The molecule has 0 amide bonds. The molecule has 1 aromatic heterocycles. The zero-order valence-corrected chi connectivity index (χ0v) is 7.19. The lowest BCUT2D eigenvalue weighted by Crippen LogP contribution is -1.98. The van der Waals surface area contributed by atoms with E-state index >= 15 is 0 Å². The maximum absolute atomic E-state index is 11.0. The zero-order valence-electron chi connectivity index (χ0n) is 7.19. The summed E-state index contributed by atoms with van der Waals surface area (Å²) in [6.07, 6.45) is 9.49. The van der Waals surface area contributed by atoms with Crippen molar-refractivity contribution in [1.29, 1.82) is 0 Å². The molecule has 0 atom stereocenters. The lowest BCUT2D eigenvalue weighted by atomic mass is 10.0. The molecule has 0 unspecified atom stereocenters. The van der Waals surface area contributed by atoms with Crippen molar-refractivity contribution in [2.45, 2.75) is 12.8 Å². The summed E-state index contributed by atoms with van der Waals surface area (Å²) in [6.45, 7) is 0. The van der Waals surface area contributed by atoms with E-state index in [0.717, 1.165) is 18.4 Å². The smallest absolute Gasteiger partial charge is 0.185 e. The Morgan fingerprint density at radius 2 is 2.31 bits per heavy atom. The summed E-state index contributed by atoms with van der Waals surface area (Å²) in [7, 11) is 0. The van der Waals surface area contributed by atoms with Crippen molar-refractivity contribution in [3.8, 4) is 0 Å². The van der Waals surface area contributed by atoms with Crippen molar-refractivity contribution in [2.24, 2.45) is 0 Å². The van der Waals surface area contributed by atoms with Crippen LogP contribution < -0.4 is 5.43 Å². The summed E-state index contributed by atoms with van der Waals surface area (Å²) in [5.74, 6) is 0.692. The maximum atomic E-state index is 11.0. The second-order valence-electron chi connectivity index (χ2n) is 2.99. The van der Waals surface area contributed by atoms with Crippen molar-refractivity contribution in [1.82, 2.24) is 0 Å². The van der Waals surface area contributed by atoms with Crippen LogP contribution in [0.5, 0.6) is 0 Å². The Labute approximate surface area is 76.2 Å². The number of hydrogen-bond acceptors (Lipinski definition) is 2. The van der Waals surface area contributed by atoms with Gasteiger partial charge in [0.2, 0.25) is 0 Å². The summed E-state index contributed by atoms with van der Waals surface area (Å²) < 4.78 is 5.25. The van der Waals surface area contributed by atoms with Crippen molar-refractivity contribution in [3.63, 3.8) is 0 Å². The van der Waals surface area contributed by atoms with Crippen LogP contribution in [-0.2, 0) is 0 Å². The number of rotatable bonds is 1. The van der Waals surface area contributed by atoms with Crippen molar-refractivity contribution >= 4 is 5.57 Å². The fraction of sp³-hybridized carbons (Fsp3) is 0.182. The summed E-state index contributed by atoms with van der Waals surface area (Å²) in [5, 5.41) is 0. The first-order valence-electron chi connectivity index (χ1n) is 4.31. The van der Waals surface area contributed by atoms with Gasteiger partial charge >= 0.3 is 0 Å². The molecule has 66 valence electrons. The highest BCUT2D eigenvalue weighted by Crippen LogP contribution is 2.21. The molecule has 0 aliphatic heterocycles. The minimum absolute atomic E-state index is 0.00305. The Balaban J connectivity index is 2.40. The van der Waals surface area contributed by atoms with Crippen LogP contribution in [0.2, 0.25) is 0 Å². The monoisotopic (exact) mass is 174 g/mol. The first kappa shape index (κ1) is 8.05. The maximum Gasteiger partial charge on any atom is 0.185 e. The standard InChI is InChI=1S/C11H10O2/c12-10-6-7-13-11(8-10)9-4-2-1-3-5-9/h1-2,4,6-8H,3,5H2. The van der Waals surface area contributed by atoms with Crippen LogP contribution in [0.25, 0.3) is 5.57 Å². The predicted octanol–water partition coefficient (Wildman–Crippen LogP) is 2.37. The van der Waals surface area contributed by atoms with E-state index in [2.05, 4.69) is 6.08 Å². The Morgan fingerprint density at radius 1 is 1.38 bits per heavy atom. The third kappa shape index (κ3) is 1.78. The molecule has 2 nitrogen and oxygen atoms in total. The van der Waals surface area contributed by atoms with Crippen LogP contribution in [0.4, 0.5) is 0 Å². The molecule has 0 saturated carbocycles. The van der Waals surface area contributed by atoms with E-state index in [1.807, 2.05) is 12.2 Å². The highest BCUT2D eigenvalue weighted by molar-refractivity contribution is 5.63. The minimum atomic E-state index is -0.00305. The van der Waals surface area contributed by atoms with Crippen LogP contribution in [0, 0.1) is 0 Å². The highest BCUT2D eigenvalue weighted by atomic mass is 16.3. The van der Waals surface area contributed by atoms with E-state index in [1.165, 1.54) is 18.4 Å². The molecule has 1 aliphatic rings. The summed E-state index contributed by atoms with van der Waals surface area (Å²) >= 11 is 0. The van der Waals surface area contributed by atoms with Gasteiger partial charge in [0.05, 0.1) is 6.26 Å². The van der Waals surface area contributed by atoms with Gasteiger partial charge in [-0.3, -0.25) is 4.79 Å². The minimum Gasteiger partial charge on any atom is -0.464 e. The van der Waals surface area contributed by atoms with E-state index in [9.17, 15) is 4.79 Å². The topological polar surface area (TPSA) is 30.2 Å². The van der Waals surface area contributed by atoms with Crippen LogP contribution in [0.3, 0.4) is 0 Å². The van der Waals surface area contributed by atoms with E-state index in [-0.39, 0.29) is 5.43 Å². The zero-order chi connectivity index (χ0) is 9.10. The fourth-order valence-electron chi connectivity index (χ4n) is 1.36. The molecular weight excluding hydrogens is 164 g/mol. The molecule has 13 heavy (non-hydrogen) atoms. The molecule has 0 N–H and O–H groups in total. The lowest BCUT2D eigenvalue weighted by Gasteiger charge is -2.06. The Kier molecular flexibility index (Phi) is 2.13. The van der Waals surface area contributed by atoms with E-state index in [0.29, 0.717) is 5.76 Å². The third-order valence-corrected chi connectivity index (χ3v) is 2.03. The molecule has 1 aromatic rings. The van der Waals surface area contributed by atoms with Crippen LogP contribution in [0.1, 0.15) is 18.6 Å². The molecule has 0 bridgehead atoms. The normalized spacial score (nSPS) is 15.5. The predicted molar refractivity (Wildman–Crippen MR) is 51.3 cm³/mol. The first-order valence-corrected chi connectivity index (χ1v) is 4.31. The van der Waals surface area contributed by atoms with Gasteiger partial charge in [-0.2, -0.15) is 0 Å². The molecule has 1 aliphatic carbocycles. The van der Waals surface area contributed by atoms with Gasteiger partial charge in [-0.15, -0.1) is 0 Å². The SMILES string of the molecule is O=c1ccoc(C2=CC=CCC2)c1. The van der Waals surface area contributed by atoms with Crippen LogP contribution in [-0.4, -0.2) is 0 Å². The summed E-state index contributed by atoms with van der Waals surface area (Å²) in [4.78, 5) is 11.0. The van der Waals surface area contributed by atoms with Gasteiger partial charge < -0.3 is 4.42 Å². The van der Waals surface area contributed by atoms with E-state index in [4.69, 9.17) is 4.42 Å². The van der Waals surface area contributed by atoms with E-state index in [1.54, 1.807) is 0 Å². The van der Waals surface area contributed by atoms with E-state index < -0.39 is 0 Å². The van der Waals surface area contributed by atoms with Crippen molar-refractivity contribution < 1.29 is 4.42 Å². The van der Waals surface area contributed by atoms with Crippen molar-refractivity contribution in [2.75, 3.05) is 0 Å². The second-order valence-corrected chi connectivity index (χ2v) is 2.99. The molecule has 2 heteroatoms. The van der Waals surface area contributed by atoms with Gasteiger partial charge in [0.15, 0.2) is 5.43 Å². The van der Waals surface area contributed by atoms with Gasteiger partial charge in [0.1, 0.15) is 5.76 Å². The van der Waals surface area contributed by atoms with Gasteiger partial charge in [-0.05, 0) is 18.4 Å². The average molecular weight is 174 g/mol. The van der Waals surface area contributed by atoms with Crippen LogP contribution in [0.15, 0.2) is 45.8 Å². The number of allylic oxidation sites excluding steroid dienone is 4.